The van der Waals surface area contributed by atoms with Gasteiger partial charge in [-0.15, -0.1) is 0 Å². The Morgan fingerprint density at radius 2 is 1.88 bits per heavy atom. The van der Waals surface area contributed by atoms with Crippen LogP contribution in [-0.4, -0.2) is 94.8 Å². The van der Waals surface area contributed by atoms with Gasteiger partial charge in [0.05, 0.1) is 36.2 Å². The van der Waals surface area contributed by atoms with Gasteiger partial charge in [0.2, 0.25) is 5.91 Å². The standard InChI is InChI=1S/C30H40N8O2/c1-3-27(39)36-15-17-37(18-16-36)29-23-10-14-38(28-22(2)8-9-25-24(28)20-31-34-25)21-26(23)32-30(33-29)40-19-7-13-35-11-5-4-6-12-35/h3,8-9,20H,1,4-7,10-19,21H2,2H3,(H,31,34). The van der Waals surface area contributed by atoms with E-state index in [0.717, 1.165) is 61.4 Å². The van der Waals surface area contributed by atoms with E-state index >= 15 is 0 Å². The Hall–Kier alpha value is -3.66. The molecule has 3 aliphatic rings. The van der Waals surface area contributed by atoms with Crippen molar-refractivity contribution in [2.45, 2.75) is 45.6 Å². The normalized spacial score (nSPS) is 18.2. The number of carbonyl (C=O) groups is 1. The molecule has 0 aliphatic carbocycles. The number of piperazine rings is 1. The van der Waals surface area contributed by atoms with Crippen LogP contribution in [0, 0.1) is 6.92 Å². The summed E-state index contributed by atoms with van der Waals surface area (Å²) in [4.78, 5) is 31.2. The summed E-state index contributed by atoms with van der Waals surface area (Å²) in [5.41, 5.74) is 5.69. The highest BCUT2D eigenvalue weighted by atomic mass is 16.5. The maximum atomic E-state index is 12.2. The van der Waals surface area contributed by atoms with Crippen LogP contribution in [0.2, 0.25) is 0 Å². The summed E-state index contributed by atoms with van der Waals surface area (Å²) >= 11 is 0. The molecule has 3 aliphatic heterocycles. The highest BCUT2D eigenvalue weighted by Crippen LogP contribution is 2.35. The van der Waals surface area contributed by atoms with Gasteiger partial charge < -0.3 is 24.3 Å². The van der Waals surface area contributed by atoms with Crippen LogP contribution in [-0.2, 0) is 17.8 Å². The zero-order chi connectivity index (χ0) is 27.5. The third-order valence-electron chi connectivity index (χ3n) is 8.50. The van der Waals surface area contributed by atoms with Crippen LogP contribution in [0.3, 0.4) is 0 Å². The fourth-order valence-corrected chi connectivity index (χ4v) is 6.34. The number of H-pyrrole nitrogens is 1. The number of nitrogens with one attached hydrogen (secondary N) is 1. The number of fused-ring (bicyclic) bond motifs is 2. The van der Waals surface area contributed by atoms with Crippen LogP contribution < -0.4 is 14.5 Å². The second-order valence-corrected chi connectivity index (χ2v) is 11.1. The van der Waals surface area contributed by atoms with Crippen molar-refractivity contribution in [2.24, 2.45) is 0 Å². The van der Waals surface area contributed by atoms with Crippen LogP contribution in [0.15, 0.2) is 31.0 Å². The third kappa shape index (κ3) is 5.50. The van der Waals surface area contributed by atoms with Crippen LogP contribution in [0.1, 0.15) is 42.5 Å². The Bertz CT molecular complexity index is 1360. The van der Waals surface area contributed by atoms with E-state index in [-0.39, 0.29) is 5.91 Å². The van der Waals surface area contributed by atoms with Crippen molar-refractivity contribution in [1.29, 1.82) is 0 Å². The molecule has 1 N–H and O–H groups in total. The van der Waals surface area contributed by atoms with Crippen molar-refractivity contribution in [3.63, 3.8) is 0 Å². The molecule has 0 unspecified atom stereocenters. The van der Waals surface area contributed by atoms with Gasteiger partial charge in [-0.3, -0.25) is 9.89 Å². The molecule has 3 aromatic rings. The molecule has 0 atom stereocenters. The zero-order valence-corrected chi connectivity index (χ0v) is 23.6. The molecular weight excluding hydrogens is 504 g/mol. The molecule has 5 heterocycles. The molecular formula is C30H40N8O2. The van der Waals surface area contributed by atoms with Crippen molar-refractivity contribution in [3.8, 4) is 6.01 Å². The number of benzene rings is 1. The Morgan fingerprint density at radius 1 is 1.05 bits per heavy atom. The average Bonchev–Trinajstić information content (AvgIpc) is 3.47. The first kappa shape index (κ1) is 26.6. The van der Waals surface area contributed by atoms with Crippen molar-refractivity contribution in [3.05, 3.63) is 47.8 Å². The molecule has 2 saturated heterocycles. The predicted molar refractivity (Wildman–Crippen MR) is 157 cm³/mol. The van der Waals surface area contributed by atoms with Crippen LogP contribution in [0.25, 0.3) is 10.9 Å². The zero-order valence-electron chi connectivity index (χ0n) is 23.6. The molecule has 40 heavy (non-hydrogen) atoms. The summed E-state index contributed by atoms with van der Waals surface area (Å²) < 4.78 is 6.21. The average molecular weight is 545 g/mol. The number of nitrogens with zero attached hydrogens (tertiary/aromatic N) is 7. The van der Waals surface area contributed by atoms with Crippen LogP contribution in [0.4, 0.5) is 11.5 Å². The first-order valence-electron chi connectivity index (χ1n) is 14.7. The fraction of sp³-hybridized carbons (Fsp3) is 0.533. The van der Waals surface area contributed by atoms with E-state index in [2.05, 4.69) is 50.5 Å². The number of anilines is 2. The summed E-state index contributed by atoms with van der Waals surface area (Å²) in [7, 11) is 0. The van der Waals surface area contributed by atoms with E-state index < -0.39 is 0 Å². The molecule has 0 radical (unpaired) electrons. The number of likely N-dealkylation sites (tertiary alicyclic amines) is 1. The van der Waals surface area contributed by atoms with Crippen molar-refractivity contribution in [1.82, 2.24) is 30.0 Å². The topological polar surface area (TPSA) is 93.7 Å². The number of hydrogen-bond acceptors (Lipinski definition) is 8. The van der Waals surface area contributed by atoms with E-state index in [1.165, 1.54) is 55.2 Å². The summed E-state index contributed by atoms with van der Waals surface area (Å²) in [5, 5.41) is 8.53. The fourth-order valence-electron chi connectivity index (χ4n) is 6.34. The lowest BCUT2D eigenvalue weighted by molar-refractivity contribution is -0.126. The van der Waals surface area contributed by atoms with Gasteiger partial charge in [0, 0.05) is 50.2 Å². The molecule has 6 rings (SSSR count). The summed E-state index contributed by atoms with van der Waals surface area (Å²) in [6.07, 6.45) is 9.07. The molecule has 1 amide bonds. The predicted octanol–water partition coefficient (Wildman–Crippen LogP) is 3.31. The van der Waals surface area contributed by atoms with Crippen LogP contribution >= 0.6 is 0 Å². The number of aromatic amines is 1. The second-order valence-electron chi connectivity index (χ2n) is 11.1. The maximum Gasteiger partial charge on any atom is 0.318 e. The largest absolute Gasteiger partial charge is 0.463 e. The first-order chi connectivity index (χ1) is 19.6. The minimum absolute atomic E-state index is 0.0125. The van der Waals surface area contributed by atoms with Gasteiger partial charge in [0.25, 0.3) is 0 Å². The number of ether oxygens (including phenoxy) is 1. The summed E-state index contributed by atoms with van der Waals surface area (Å²) in [5.74, 6) is 0.946. The van der Waals surface area contributed by atoms with Gasteiger partial charge in [-0.2, -0.15) is 15.1 Å². The number of hydrogen-bond donors (Lipinski definition) is 1. The highest BCUT2D eigenvalue weighted by Gasteiger charge is 2.29. The second kappa shape index (κ2) is 11.8. The molecule has 2 aromatic heterocycles. The Balaban J connectivity index is 1.23. The lowest BCUT2D eigenvalue weighted by Gasteiger charge is -2.38. The van der Waals surface area contributed by atoms with Gasteiger partial charge in [-0.1, -0.05) is 19.1 Å². The van der Waals surface area contributed by atoms with E-state index in [4.69, 9.17) is 14.7 Å². The number of piperidine rings is 1. The molecule has 0 saturated carbocycles. The van der Waals surface area contributed by atoms with Gasteiger partial charge in [0.1, 0.15) is 5.82 Å². The number of rotatable bonds is 8. The molecule has 0 spiro atoms. The highest BCUT2D eigenvalue weighted by molar-refractivity contribution is 5.93. The SMILES string of the molecule is C=CC(=O)N1CCN(c2nc(OCCCN3CCCCC3)nc3c2CCN(c2c(C)ccc4[nH]ncc24)C3)CC1. The molecule has 0 bridgehead atoms. The Kier molecular flexibility index (Phi) is 7.86. The smallest absolute Gasteiger partial charge is 0.318 e. The van der Waals surface area contributed by atoms with E-state index in [9.17, 15) is 4.79 Å². The molecule has 10 heteroatoms. The van der Waals surface area contributed by atoms with Crippen molar-refractivity contribution in [2.75, 3.05) is 68.8 Å². The lowest BCUT2D eigenvalue weighted by Crippen LogP contribution is -2.49. The number of aromatic nitrogens is 4. The summed E-state index contributed by atoms with van der Waals surface area (Å²) in [6.45, 7) is 14.2. The minimum Gasteiger partial charge on any atom is -0.463 e. The molecule has 212 valence electrons. The molecule has 1 aromatic carbocycles. The molecule has 10 nitrogen and oxygen atoms in total. The van der Waals surface area contributed by atoms with Gasteiger partial charge in [-0.25, -0.2) is 0 Å². The maximum absolute atomic E-state index is 12.2. The van der Waals surface area contributed by atoms with Gasteiger partial charge in [0.15, 0.2) is 0 Å². The van der Waals surface area contributed by atoms with E-state index in [0.29, 0.717) is 32.3 Å². The van der Waals surface area contributed by atoms with E-state index in [1.54, 1.807) is 0 Å². The van der Waals surface area contributed by atoms with Crippen molar-refractivity contribution >= 4 is 28.3 Å². The number of amides is 1. The van der Waals surface area contributed by atoms with E-state index in [1.807, 2.05) is 11.1 Å². The number of aryl methyl sites for hydroxylation is 1. The Labute approximate surface area is 236 Å². The van der Waals surface area contributed by atoms with Crippen molar-refractivity contribution < 1.29 is 9.53 Å². The lowest BCUT2D eigenvalue weighted by atomic mass is 10.0. The third-order valence-corrected chi connectivity index (χ3v) is 8.50. The quantitative estimate of drug-likeness (QED) is 0.341. The van der Waals surface area contributed by atoms with Gasteiger partial charge >= 0.3 is 6.01 Å². The molecule has 2 fully saturated rings. The van der Waals surface area contributed by atoms with Crippen LogP contribution in [0.5, 0.6) is 6.01 Å². The minimum atomic E-state index is -0.0125. The van der Waals surface area contributed by atoms with Gasteiger partial charge in [-0.05, 0) is 63.4 Å². The summed E-state index contributed by atoms with van der Waals surface area (Å²) in [6, 6.07) is 4.70. The number of carbonyl (C=O) groups excluding carboxylic acids is 1. The Morgan fingerprint density at radius 3 is 2.67 bits per heavy atom. The monoisotopic (exact) mass is 544 g/mol. The first-order valence-corrected chi connectivity index (χ1v) is 14.7.